The normalized spacial score (nSPS) is 17.8. The molecule has 0 aromatic carbocycles. The van der Waals surface area contributed by atoms with Crippen LogP contribution in [0, 0.1) is 6.92 Å². The van der Waals surface area contributed by atoms with Crippen molar-refractivity contribution in [1.29, 1.82) is 0 Å². The highest BCUT2D eigenvalue weighted by molar-refractivity contribution is 5.83. The molecular formula is C15H17N7O. The number of hydrogen-bond donors (Lipinski definition) is 0. The van der Waals surface area contributed by atoms with Crippen molar-refractivity contribution in [3.8, 4) is 6.01 Å². The summed E-state index contributed by atoms with van der Waals surface area (Å²) < 4.78 is 7.76. The van der Waals surface area contributed by atoms with Gasteiger partial charge in [0.05, 0.1) is 12.9 Å². The first-order valence-electron chi connectivity index (χ1n) is 7.53. The van der Waals surface area contributed by atoms with Crippen LogP contribution in [-0.4, -0.2) is 48.7 Å². The van der Waals surface area contributed by atoms with Crippen LogP contribution in [0.2, 0.25) is 0 Å². The molecule has 0 spiro atoms. The molecule has 0 saturated carbocycles. The van der Waals surface area contributed by atoms with E-state index in [4.69, 9.17) is 4.74 Å². The second-order valence-electron chi connectivity index (χ2n) is 5.74. The predicted molar refractivity (Wildman–Crippen MR) is 84.3 cm³/mol. The van der Waals surface area contributed by atoms with E-state index in [1.54, 1.807) is 25.0 Å². The van der Waals surface area contributed by atoms with Crippen LogP contribution in [-0.2, 0) is 7.05 Å². The summed E-state index contributed by atoms with van der Waals surface area (Å²) in [6.07, 6.45) is 7.80. The quantitative estimate of drug-likeness (QED) is 0.717. The molecule has 0 bridgehead atoms. The Morgan fingerprint density at radius 1 is 1.13 bits per heavy atom. The minimum Gasteiger partial charge on any atom is -0.458 e. The van der Waals surface area contributed by atoms with Crippen LogP contribution in [0.25, 0.3) is 11.2 Å². The van der Waals surface area contributed by atoms with Crippen molar-refractivity contribution in [2.45, 2.75) is 19.4 Å². The third-order valence-corrected chi connectivity index (χ3v) is 3.95. The van der Waals surface area contributed by atoms with E-state index in [2.05, 4.69) is 29.8 Å². The zero-order valence-electron chi connectivity index (χ0n) is 13.0. The van der Waals surface area contributed by atoms with E-state index >= 15 is 0 Å². The van der Waals surface area contributed by atoms with E-state index in [1.807, 2.05) is 18.5 Å². The van der Waals surface area contributed by atoms with E-state index in [-0.39, 0.29) is 6.10 Å². The van der Waals surface area contributed by atoms with Gasteiger partial charge in [0.1, 0.15) is 12.4 Å². The highest BCUT2D eigenvalue weighted by Gasteiger charge is 2.27. The van der Waals surface area contributed by atoms with E-state index < -0.39 is 0 Å². The largest absolute Gasteiger partial charge is 0.458 e. The number of aromatic nitrogens is 6. The maximum atomic E-state index is 5.87. The number of hydrogen-bond acceptors (Lipinski definition) is 7. The molecule has 4 rings (SSSR count). The molecule has 23 heavy (non-hydrogen) atoms. The minimum absolute atomic E-state index is 0.0476. The second kappa shape index (κ2) is 5.45. The molecular weight excluding hydrogens is 294 g/mol. The molecule has 8 nitrogen and oxygen atoms in total. The summed E-state index contributed by atoms with van der Waals surface area (Å²) in [6.45, 7) is 3.55. The Labute approximate surface area is 133 Å². The number of anilines is 1. The third kappa shape index (κ3) is 2.56. The lowest BCUT2D eigenvalue weighted by molar-refractivity contribution is 0.206. The van der Waals surface area contributed by atoms with Crippen molar-refractivity contribution >= 4 is 17.0 Å². The fraction of sp³-hybridized carbons (Fsp3) is 0.400. The summed E-state index contributed by atoms with van der Waals surface area (Å²) in [4.78, 5) is 23.7. The zero-order chi connectivity index (χ0) is 15.8. The number of imidazole rings is 1. The molecule has 1 aliphatic heterocycles. The number of ether oxygens (including phenoxy) is 1. The van der Waals surface area contributed by atoms with Crippen molar-refractivity contribution in [3.05, 3.63) is 30.6 Å². The van der Waals surface area contributed by atoms with Crippen molar-refractivity contribution in [2.75, 3.05) is 18.0 Å². The average molecular weight is 311 g/mol. The van der Waals surface area contributed by atoms with E-state index in [1.165, 1.54) is 0 Å². The summed E-state index contributed by atoms with van der Waals surface area (Å²) >= 11 is 0. The topological polar surface area (TPSA) is 81.9 Å². The lowest BCUT2D eigenvalue weighted by Gasteiger charge is -2.17. The van der Waals surface area contributed by atoms with Gasteiger partial charge in [-0.3, -0.25) is 0 Å². The van der Waals surface area contributed by atoms with Crippen LogP contribution in [0.1, 0.15) is 12.0 Å². The predicted octanol–water partition coefficient (Wildman–Crippen LogP) is 1.12. The van der Waals surface area contributed by atoms with Crippen LogP contribution in [0.4, 0.5) is 5.82 Å². The molecule has 1 atom stereocenters. The Morgan fingerprint density at radius 2 is 1.96 bits per heavy atom. The highest BCUT2D eigenvalue weighted by atomic mass is 16.5. The molecule has 0 N–H and O–H groups in total. The first kappa shape index (κ1) is 13.9. The molecule has 3 aromatic heterocycles. The first-order valence-corrected chi connectivity index (χ1v) is 7.53. The van der Waals surface area contributed by atoms with Crippen molar-refractivity contribution in [3.63, 3.8) is 0 Å². The molecule has 118 valence electrons. The number of aryl methyl sites for hydroxylation is 2. The van der Waals surface area contributed by atoms with Crippen LogP contribution < -0.4 is 9.64 Å². The van der Waals surface area contributed by atoms with Crippen LogP contribution >= 0.6 is 0 Å². The van der Waals surface area contributed by atoms with Crippen LogP contribution in [0.15, 0.2) is 25.0 Å². The summed E-state index contributed by atoms with van der Waals surface area (Å²) in [7, 11) is 1.93. The van der Waals surface area contributed by atoms with Gasteiger partial charge >= 0.3 is 6.01 Å². The van der Waals surface area contributed by atoms with E-state index in [9.17, 15) is 0 Å². The molecule has 1 aliphatic rings. The van der Waals surface area contributed by atoms with E-state index in [0.29, 0.717) is 6.01 Å². The molecule has 3 aromatic rings. The SMILES string of the molecule is Cc1cnc(OC2CCN(c3ncnc4c3ncn4C)C2)nc1. The van der Waals surface area contributed by atoms with Gasteiger partial charge in [0.15, 0.2) is 17.0 Å². The molecule has 4 heterocycles. The molecule has 1 unspecified atom stereocenters. The molecule has 0 radical (unpaired) electrons. The smallest absolute Gasteiger partial charge is 0.316 e. The fourth-order valence-corrected chi connectivity index (χ4v) is 2.77. The third-order valence-electron chi connectivity index (χ3n) is 3.95. The van der Waals surface area contributed by atoms with Crippen molar-refractivity contribution in [2.24, 2.45) is 7.05 Å². The van der Waals surface area contributed by atoms with Crippen LogP contribution in [0.3, 0.4) is 0 Å². The molecule has 8 heteroatoms. The highest BCUT2D eigenvalue weighted by Crippen LogP contribution is 2.25. The minimum atomic E-state index is 0.0476. The van der Waals surface area contributed by atoms with Gasteiger partial charge < -0.3 is 14.2 Å². The molecule has 0 aliphatic carbocycles. The van der Waals surface area contributed by atoms with Gasteiger partial charge in [0.25, 0.3) is 0 Å². The summed E-state index contributed by atoms with van der Waals surface area (Å²) in [5, 5.41) is 0. The Morgan fingerprint density at radius 3 is 2.78 bits per heavy atom. The lowest BCUT2D eigenvalue weighted by atomic mass is 10.3. The van der Waals surface area contributed by atoms with Gasteiger partial charge in [-0.2, -0.15) is 0 Å². The lowest BCUT2D eigenvalue weighted by Crippen LogP contribution is -2.26. The maximum Gasteiger partial charge on any atom is 0.316 e. The first-order chi connectivity index (χ1) is 11.2. The number of nitrogens with zero attached hydrogens (tertiary/aromatic N) is 7. The van der Waals surface area contributed by atoms with E-state index in [0.717, 1.165) is 42.1 Å². The molecule has 1 fully saturated rings. The van der Waals surface area contributed by atoms with Gasteiger partial charge in [0, 0.05) is 32.4 Å². The van der Waals surface area contributed by atoms with Gasteiger partial charge in [-0.1, -0.05) is 0 Å². The van der Waals surface area contributed by atoms with Gasteiger partial charge in [-0.05, 0) is 12.5 Å². The fourth-order valence-electron chi connectivity index (χ4n) is 2.77. The number of rotatable bonds is 3. The van der Waals surface area contributed by atoms with Crippen LogP contribution in [0.5, 0.6) is 6.01 Å². The monoisotopic (exact) mass is 311 g/mol. The summed E-state index contributed by atoms with van der Waals surface area (Å²) in [5.41, 5.74) is 2.67. The Bertz CT molecular complexity index is 829. The summed E-state index contributed by atoms with van der Waals surface area (Å²) in [6, 6.07) is 0.424. The van der Waals surface area contributed by atoms with Gasteiger partial charge in [0.2, 0.25) is 0 Å². The standard InChI is InChI=1S/C15H17N7O/c1-10-5-16-15(17-6-10)23-11-3-4-22(7-11)14-12-13(18-8-19-14)21(2)9-20-12/h5-6,8-9,11H,3-4,7H2,1-2H3. The summed E-state index contributed by atoms with van der Waals surface area (Å²) in [5.74, 6) is 0.853. The second-order valence-corrected chi connectivity index (χ2v) is 5.74. The van der Waals surface area contributed by atoms with Crippen molar-refractivity contribution in [1.82, 2.24) is 29.5 Å². The molecule has 0 amide bonds. The number of fused-ring (bicyclic) bond motifs is 1. The van der Waals surface area contributed by atoms with Crippen molar-refractivity contribution < 1.29 is 4.74 Å². The Balaban J connectivity index is 1.52. The maximum absolute atomic E-state index is 5.87. The average Bonchev–Trinajstić information content (AvgIpc) is 3.17. The molecule has 1 saturated heterocycles. The van der Waals surface area contributed by atoms with Gasteiger partial charge in [-0.15, -0.1) is 0 Å². The Hall–Kier alpha value is -2.77. The Kier molecular flexibility index (Phi) is 3.29. The van der Waals surface area contributed by atoms with Gasteiger partial charge in [-0.25, -0.2) is 24.9 Å². The zero-order valence-corrected chi connectivity index (χ0v) is 13.0.